The SMILES string of the molecule is Cc1cc(C(=O)CN)c(O)c(C(C)(C)C)c1. The minimum Gasteiger partial charge on any atom is -0.507 e. The van der Waals surface area contributed by atoms with Gasteiger partial charge in [-0.05, 0) is 24.0 Å². The van der Waals surface area contributed by atoms with Crippen LogP contribution in [0.4, 0.5) is 0 Å². The van der Waals surface area contributed by atoms with E-state index in [2.05, 4.69) is 0 Å². The van der Waals surface area contributed by atoms with Gasteiger partial charge < -0.3 is 10.8 Å². The Hall–Kier alpha value is -1.35. The van der Waals surface area contributed by atoms with E-state index in [1.165, 1.54) is 0 Å². The van der Waals surface area contributed by atoms with E-state index in [9.17, 15) is 9.90 Å². The second-order valence-electron chi connectivity index (χ2n) is 5.09. The topological polar surface area (TPSA) is 63.3 Å². The predicted octanol–water partition coefficient (Wildman–Crippen LogP) is 2.14. The molecule has 1 aromatic rings. The van der Waals surface area contributed by atoms with E-state index in [4.69, 9.17) is 5.73 Å². The lowest BCUT2D eigenvalue weighted by molar-refractivity contribution is 0.0998. The Morgan fingerprint density at radius 1 is 1.38 bits per heavy atom. The van der Waals surface area contributed by atoms with Gasteiger partial charge in [0.1, 0.15) is 5.75 Å². The Balaban J connectivity index is 3.44. The highest BCUT2D eigenvalue weighted by Crippen LogP contribution is 2.34. The number of Topliss-reactive ketones (excluding diaryl/α,β-unsaturated/α-hetero) is 1. The van der Waals surface area contributed by atoms with Crippen LogP contribution in [-0.4, -0.2) is 17.4 Å². The number of phenolic OH excluding ortho intramolecular Hbond substituents is 1. The molecule has 0 amide bonds. The molecule has 0 bridgehead atoms. The summed E-state index contributed by atoms with van der Waals surface area (Å²) in [6.45, 7) is 7.82. The highest BCUT2D eigenvalue weighted by atomic mass is 16.3. The summed E-state index contributed by atoms with van der Waals surface area (Å²) < 4.78 is 0. The Morgan fingerprint density at radius 2 is 1.94 bits per heavy atom. The van der Waals surface area contributed by atoms with E-state index in [1.54, 1.807) is 6.07 Å². The molecule has 0 aliphatic rings. The molecule has 0 saturated heterocycles. The molecule has 0 saturated carbocycles. The van der Waals surface area contributed by atoms with Crippen LogP contribution >= 0.6 is 0 Å². The summed E-state index contributed by atoms with van der Waals surface area (Å²) in [5.74, 6) is -0.166. The Kier molecular flexibility index (Phi) is 3.38. The molecule has 88 valence electrons. The first-order chi connectivity index (χ1) is 7.27. The molecule has 0 radical (unpaired) electrons. The minimum atomic E-state index is -0.230. The summed E-state index contributed by atoms with van der Waals surface area (Å²) in [5, 5.41) is 10.1. The zero-order chi connectivity index (χ0) is 12.5. The molecule has 0 unspecified atom stereocenters. The second kappa shape index (κ2) is 4.26. The number of nitrogens with two attached hydrogens (primary N) is 1. The van der Waals surface area contributed by atoms with Gasteiger partial charge in [0.05, 0.1) is 12.1 Å². The first kappa shape index (κ1) is 12.7. The molecule has 16 heavy (non-hydrogen) atoms. The van der Waals surface area contributed by atoms with Crippen molar-refractivity contribution in [3.63, 3.8) is 0 Å². The van der Waals surface area contributed by atoms with Crippen molar-refractivity contribution >= 4 is 5.78 Å². The van der Waals surface area contributed by atoms with Gasteiger partial charge in [0.25, 0.3) is 0 Å². The van der Waals surface area contributed by atoms with Crippen LogP contribution in [0.5, 0.6) is 5.75 Å². The Bertz CT molecular complexity index is 417. The fourth-order valence-corrected chi connectivity index (χ4v) is 1.67. The van der Waals surface area contributed by atoms with E-state index in [0.717, 1.165) is 11.1 Å². The summed E-state index contributed by atoms with van der Waals surface area (Å²) in [5.41, 5.74) is 7.19. The molecule has 0 aliphatic heterocycles. The molecule has 0 atom stereocenters. The zero-order valence-electron chi connectivity index (χ0n) is 10.3. The lowest BCUT2D eigenvalue weighted by Gasteiger charge is -2.22. The van der Waals surface area contributed by atoms with E-state index in [0.29, 0.717) is 5.56 Å². The normalized spacial score (nSPS) is 11.6. The number of aromatic hydroxyl groups is 1. The Labute approximate surface area is 96.3 Å². The summed E-state index contributed by atoms with van der Waals surface area (Å²) in [7, 11) is 0. The third kappa shape index (κ3) is 2.42. The first-order valence-electron chi connectivity index (χ1n) is 5.34. The number of benzene rings is 1. The highest BCUT2D eigenvalue weighted by Gasteiger charge is 2.22. The number of hydrogen-bond donors (Lipinski definition) is 2. The summed E-state index contributed by atoms with van der Waals surface area (Å²) in [4.78, 5) is 11.6. The average Bonchev–Trinajstić information content (AvgIpc) is 2.18. The smallest absolute Gasteiger partial charge is 0.180 e. The third-order valence-corrected chi connectivity index (χ3v) is 2.55. The highest BCUT2D eigenvalue weighted by molar-refractivity contribution is 6.00. The van der Waals surface area contributed by atoms with Crippen molar-refractivity contribution in [3.8, 4) is 5.75 Å². The monoisotopic (exact) mass is 221 g/mol. The van der Waals surface area contributed by atoms with Crippen LogP contribution < -0.4 is 5.73 Å². The molecular weight excluding hydrogens is 202 g/mol. The zero-order valence-corrected chi connectivity index (χ0v) is 10.3. The number of rotatable bonds is 2. The summed E-state index contributed by atoms with van der Waals surface area (Å²) >= 11 is 0. The second-order valence-corrected chi connectivity index (χ2v) is 5.09. The van der Waals surface area contributed by atoms with Gasteiger partial charge in [0.2, 0.25) is 0 Å². The summed E-state index contributed by atoms with van der Waals surface area (Å²) in [6, 6.07) is 3.59. The molecule has 0 aliphatic carbocycles. The number of carbonyl (C=O) groups is 1. The molecule has 0 fully saturated rings. The maximum absolute atomic E-state index is 11.6. The molecule has 3 N–H and O–H groups in total. The van der Waals surface area contributed by atoms with Crippen LogP contribution in [-0.2, 0) is 5.41 Å². The average molecular weight is 221 g/mol. The van der Waals surface area contributed by atoms with Crippen LogP contribution in [0.25, 0.3) is 0 Å². The molecule has 3 heteroatoms. The molecule has 3 nitrogen and oxygen atoms in total. The fraction of sp³-hybridized carbons (Fsp3) is 0.462. The van der Waals surface area contributed by atoms with E-state index in [1.807, 2.05) is 33.8 Å². The molecule has 0 heterocycles. The molecule has 1 aromatic carbocycles. The van der Waals surface area contributed by atoms with Gasteiger partial charge in [-0.25, -0.2) is 0 Å². The summed E-state index contributed by atoms with van der Waals surface area (Å²) in [6.07, 6.45) is 0. The van der Waals surface area contributed by atoms with Crippen LogP contribution in [0.1, 0.15) is 42.3 Å². The molecule has 0 spiro atoms. The maximum atomic E-state index is 11.6. The van der Waals surface area contributed by atoms with Gasteiger partial charge in [-0.15, -0.1) is 0 Å². The fourth-order valence-electron chi connectivity index (χ4n) is 1.67. The largest absolute Gasteiger partial charge is 0.507 e. The number of phenols is 1. The van der Waals surface area contributed by atoms with Crippen molar-refractivity contribution < 1.29 is 9.90 Å². The van der Waals surface area contributed by atoms with E-state index < -0.39 is 0 Å². The van der Waals surface area contributed by atoms with Crippen LogP contribution in [0, 0.1) is 6.92 Å². The van der Waals surface area contributed by atoms with E-state index in [-0.39, 0.29) is 23.5 Å². The van der Waals surface area contributed by atoms with Gasteiger partial charge in [-0.2, -0.15) is 0 Å². The lowest BCUT2D eigenvalue weighted by atomic mass is 9.83. The maximum Gasteiger partial charge on any atom is 0.180 e. The van der Waals surface area contributed by atoms with E-state index >= 15 is 0 Å². The van der Waals surface area contributed by atoms with Crippen LogP contribution in [0.15, 0.2) is 12.1 Å². The van der Waals surface area contributed by atoms with Gasteiger partial charge in [0, 0.05) is 5.56 Å². The number of aryl methyl sites for hydroxylation is 1. The number of ketones is 1. The van der Waals surface area contributed by atoms with Crippen LogP contribution in [0.2, 0.25) is 0 Å². The third-order valence-electron chi connectivity index (χ3n) is 2.55. The quantitative estimate of drug-likeness (QED) is 0.752. The van der Waals surface area contributed by atoms with Crippen molar-refractivity contribution in [2.24, 2.45) is 5.73 Å². The van der Waals surface area contributed by atoms with Gasteiger partial charge in [-0.1, -0.05) is 26.8 Å². The number of carbonyl (C=O) groups excluding carboxylic acids is 1. The first-order valence-corrected chi connectivity index (χ1v) is 5.34. The standard InChI is InChI=1S/C13H19NO2/c1-8-5-9(11(15)7-14)12(16)10(6-8)13(2,3)4/h5-6,16H,7,14H2,1-4H3. The molecular formula is C13H19NO2. The van der Waals surface area contributed by atoms with Gasteiger partial charge in [0.15, 0.2) is 5.78 Å². The number of hydrogen-bond acceptors (Lipinski definition) is 3. The van der Waals surface area contributed by atoms with Gasteiger partial charge >= 0.3 is 0 Å². The van der Waals surface area contributed by atoms with Crippen LogP contribution in [0.3, 0.4) is 0 Å². The Morgan fingerprint density at radius 3 is 2.38 bits per heavy atom. The minimum absolute atomic E-state index is 0.0635. The molecule has 0 aromatic heterocycles. The van der Waals surface area contributed by atoms with Crippen molar-refractivity contribution in [1.29, 1.82) is 0 Å². The van der Waals surface area contributed by atoms with Crippen molar-refractivity contribution in [3.05, 3.63) is 28.8 Å². The molecule has 1 rings (SSSR count). The van der Waals surface area contributed by atoms with Crippen molar-refractivity contribution in [1.82, 2.24) is 0 Å². The lowest BCUT2D eigenvalue weighted by Crippen LogP contribution is -2.17. The predicted molar refractivity (Wildman–Crippen MR) is 64.9 cm³/mol. The van der Waals surface area contributed by atoms with Crippen molar-refractivity contribution in [2.75, 3.05) is 6.54 Å². The van der Waals surface area contributed by atoms with Crippen molar-refractivity contribution in [2.45, 2.75) is 33.1 Å². The van der Waals surface area contributed by atoms with Gasteiger partial charge in [-0.3, -0.25) is 4.79 Å².